The molecule has 0 bridgehead atoms. The van der Waals surface area contributed by atoms with E-state index >= 15 is 0 Å². The van der Waals surface area contributed by atoms with Gasteiger partial charge in [-0.1, -0.05) is 49.4 Å². The Kier molecular flexibility index (Phi) is 1.99. The van der Waals surface area contributed by atoms with Crippen LogP contribution < -0.4 is 0 Å². The van der Waals surface area contributed by atoms with Crippen molar-refractivity contribution in [2.75, 3.05) is 0 Å². The molecular formula is C13H16. The van der Waals surface area contributed by atoms with E-state index in [2.05, 4.69) is 56.3 Å². The molecule has 2 rings (SSSR count). The molecule has 0 amide bonds. The van der Waals surface area contributed by atoms with Gasteiger partial charge in [-0.25, -0.2) is 0 Å². The Morgan fingerprint density at radius 2 is 2.00 bits per heavy atom. The molecule has 0 radical (unpaired) electrons. The van der Waals surface area contributed by atoms with Crippen molar-refractivity contribution in [3.05, 3.63) is 48.0 Å². The zero-order chi connectivity index (χ0) is 9.31. The first-order valence-electron chi connectivity index (χ1n) is 4.95. The normalized spacial score (nSPS) is 32.3. The van der Waals surface area contributed by atoms with Crippen molar-refractivity contribution < 1.29 is 0 Å². The van der Waals surface area contributed by atoms with E-state index in [9.17, 15) is 0 Å². The van der Waals surface area contributed by atoms with E-state index in [1.165, 1.54) is 12.0 Å². The molecule has 0 N–H and O–H groups in total. The Morgan fingerprint density at radius 1 is 1.31 bits per heavy atom. The molecule has 0 heterocycles. The molecule has 2 atom stereocenters. The smallest absolute Gasteiger partial charge is 0.00648 e. The predicted molar refractivity (Wildman–Crippen MR) is 56.7 cm³/mol. The van der Waals surface area contributed by atoms with Gasteiger partial charge in [-0.05, 0) is 30.2 Å². The van der Waals surface area contributed by atoms with E-state index in [4.69, 9.17) is 0 Å². The molecule has 68 valence electrons. The van der Waals surface area contributed by atoms with Crippen LogP contribution in [0.4, 0.5) is 0 Å². The number of hydrogen-bond donors (Lipinski definition) is 0. The van der Waals surface area contributed by atoms with E-state index in [1.54, 1.807) is 0 Å². The zero-order valence-electron chi connectivity index (χ0n) is 8.33. The first-order valence-corrected chi connectivity index (χ1v) is 4.95. The molecule has 1 fully saturated rings. The third-order valence-electron chi connectivity index (χ3n) is 3.03. The average molecular weight is 172 g/mol. The Hall–Kier alpha value is -1.04. The van der Waals surface area contributed by atoms with Gasteiger partial charge in [0.1, 0.15) is 0 Å². The molecule has 0 unspecified atom stereocenters. The van der Waals surface area contributed by atoms with Gasteiger partial charge >= 0.3 is 0 Å². The SMILES string of the molecule is C/C=C/[C@]1(C)C[C@H]1c1ccccc1. The summed E-state index contributed by atoms with van der Waals surface area (Å²) >= 11 is 0. The van der Waals surface area contributed by atoms with Crippen molar-refractivity contribution >= 4 is 0 Å². The van der Waals surface area contributed by atoms with Gasteiger partial charge in [-0.2, -0.15) is 0 Å². The molecule has 1 saturated carbocycles. The lowest BCUT2D eigenvalue weighted by atomic mass is 10.0. The second kappa shape index (κ2) is 3.02. The third kappa shape index (κ3) is 1.53. The summed E-state index contributed by atoms with van der Waals surface area (Å²) in [7, 11) is 0. The van der Waals surface area contributed by atoms with E-state index in [0.717, 1.165) is 5.92 Å². The second-order valence-corrected chi connectivity index (χ2v) is 4.17. The standard InChI is InChI=1S/C13H16/c1-3-9-13(2)10-12(13)11-7-5-4-6-8-11/h3-9,12H,10H2,1-2H3/b9-3+/t12-,13+/m0/s1. The van der Waals surface area contributed by atoms with Crippen LogP contribution in [0.25, 0.3) is 0 Å². The maximum Gasteiger partial charge on any atom is -0.00648 e. The summed E-state index contributed by atoms with van der Waals surface area (Å²) in [5.74, 6) is 0.755. The third-order valence-corrected chi connectivity index (χ3v) is 3.03. The van der Waals surface area contributed by atoms with Crippen LogP contribution in [0.3, 0.4) is 0 Å². The van der Waals surface area contributed by atoms with Crippen molar-refractivity contribution in [2.24, 2.45) is 5.41 Å². The van der Waals surface area contributed by atoms with Crippen molar-refractivity contribution in [3.63, 3.8) is 0 Å². The van der Waals surface area contributed by atoms with Crippen LogP contribution >= 0.6 is 0 Å². The Labute approximate surface area is 80.3 Å². The predicted octanol–water partition coefficient (Wildman–Crippen LogP) is 3.76. The second-order valence-electron chi connectivity index (χ2n) is 4.17. The van der Waals surface area contributed by atoms with E-state index in [-0.39, 0.29) is 0 Å². The van der Waals surface area contributed by atoms with Crippen molar-refractivity contribution in [3.8, 4) is 0 Å². The van der Waals surface area contributed by atoms with Gasteiger partial charge in [0.05, 0.1) is 0 Å². The largest absolute Gasteiger partial charge is 0.0911 e. The van der Waals surface area contributed by atoms with Crippen LogP contribution in [0.2, 0.25) is 0 Å². The van der Waals surface area contributed by atoms with Crippen molar-refractivity contribution in [1.29, 1.82) is 0 Å². The Bertz CT molecular complexity index is 310. The van der Waals surface area contributed by atoms with Gasteiger partial charge in [-0.15, -0.1) is 0 Å². The molecule has 0 nitrogen and oxygen atoms in total. The quantitative estimate of drug-likeness (QED) is 0.596. The van der Waals surface area contributed by atoms with Gasteiger partial charge in [0.25, 0.3) is 0 Å². The first-order chi connectivity index (χ1) is 6.26. The average Bonchev–Trinajstić information content (AvgIpc) is 2.80. The maximum absolute atomic E-state index is 2.34. The minimum Gasteiger partial charge on any atom is -0.0911 e. The molecule has 1 aliphatic carbocycles. The monoisotopic (exact) mass is 172 g/mol. The minimum atomic E-state index is 0.441. The maximum atomic E-state index is 2.34. The van der Waals surface area contributed by atoms with E-state index < -0.39 is 0 Å². The number of rotatable bonds is 2. The summed E-state index contributed by atoms with van der Waals surface area (Å²) < 4.78 is 0. The van der Waals surface area contributed by atoms with Crippen LogP contribution in [0.1, 0.15) is 31.7 Å². The van der Waals surface area contributed by atoms with Crippen LogP contribution in [0.5, 0.6) is 0 Å². The first kappa shape index (κ1) is 8.55. The summed E-state index contributed by atoms with van der Waals surface area (Å²) in [5.41, 5.74) is 1.93. The number of allylic oxidation sites excluding steroid dienone is 2. The van der Waals surface area contributed by atoms with E-state index in [1.807, 2.05) is 0 Å². The van der Waals surface area contributed by atoms with Gasteiger partial charge in [0, 0.05) is 0 Å². The molecule has 0 saturated heterocycles. The van der Waals surface area contributed by atoms with Crippen LogP contribution in [-0.4, -0.2) is 0 Å². The molecule has 0 aromatic heterocycles. The molecule has 1 aliphatic rings. The fourth-order valence-corrected chi connectivity index (χ4v) is 2.13. The highest BCUT2D eigenvalue weighted by Gasteiger charge is 2.48. The molecule has 13 heavy (non-hydrogen) atoms. The van der Waals surface area contributed by atoms with Crippen molar-refractivity contribution in [2.45, 2.75) is 26.2 Å². The zero-order valence-corrected chi connectivity index (χ0v) is 8.33. The summed E-state index contributed by atoms with van der Waals surface area (Å²) in [6.45, 7) is 4.44. The fourth-order valence-electron chi connectivity index (χ4n) is 2.13. The van der Waals surface area contributed by atoms with Crippen LogP contribution in [-0.2, 0) is 0 Å². The summed E-state index contributed by atoms with van der Waals surface area (Å²) in [6.07, 6.45) is 5.81. The molecule has 1 aromatic rings. The lowest BCUT2D eigenvalue weighted by Gasteiger charge is -2.04. The molecule has 0 aliphatic heterocycles. The molecule has 1 aromatic carbocycles. The highest BCUT2D eigenvalue weighted by molar-refractivity contribution is 5.32. The molecular weight excluding hydrogens is 156 g/mol. The van der Waals surface area contributed by atoms with Crippen molar-refractivity contribution in [1.82, 2.24) is 0 Å². The summed E-state index contributed by atoms with van der Waals surface area (Å²) in [6, 6.07) is 10.8. The molecule has 0 spiro atoms. The van der Waals surface area contributed by atoms with Crippen LogP contribution in [0.15, 0.2) is 42.5 Å². The highest BCUT2D eigenvalue weighted by Crippen LogP contribution is 2.59. The summed E-state index contributed by atoms with van der Waals surface area (Å²) in [5, 5.41) is 0. The molecule has 0 heteroatoms. The van der Waals surface area contributed by atoms with Gasteiger partial charge in [0.2, 0.25) is 0 Å². The van der Waals surface area contributed by atoms with Gasteiger partial charge in [-0.3, -0.25) is 0 Å². The van der Waals surface area contributed by atoms with Crippen LogP contribution in [0, 0.1) is 5.41 Å². The van der Waals surface area contributed by atoms with Gasteiger partial charge < -0.3 is 0 Å². The lowest BCUT2D eigenvalue weighted by molar-refractivity contribution is 0.708. The number of hydrogen-bond acceptors (Lipinski definition) is 0. The Morgan fingerprint density at radius 3 is 2.62 bits per heavy atom. The van der Waals surface area contributed by atoms with E-state index in [0.29, 0.717) is 5.41 Å². The fraction of sp³-hybridized carbons (Fsp3) is 0.385. The highest BCUT2D eigenvalue weighted by atomic mass is 14.5. The number of benzene rings is 1. The topological polar surface area (TPSA) is 0 Å². The summed E-state index contributed by atoms with van der Waals surface area (Å²) in [4.78, 5) is 0. The Balaban J connectivity index is 2.16. The van der Waals surface area contributed by atoms with Gasteiger partial charge in [0.15, 0.2) is 0 Å². The minimum absolute atomic E-state index is 0.441. The lowest BCUT2D eigenvalue weighted by Crippen LogP contribution is -1.91.